The van der Waals surface area contributed by atoms with E-state index in [0.717, 1.165) is 6.54 Å². The number of likely N-dealkylation sites (tertiary alicyclic amines) is 1. The smallest absolute Gasteiger partial charge is 0.148 e. The zero-order chi connectivity index (χ0) is 10.1. The van der Waals surface area contributed by atoms with Crippen LogP contribution in [0, 0.1) is 5.92 Å². The van der Waals surface area contributed by atoms with Crippen LogP contribution in [0.2, 0.25) is 0 Å². The molecule has 0 saturated carbocycles. The first kappa shape index (κ1) is 10.7. The number of ketones is 1. The van der Waals surface area contributed by atoms with Crippen LogP contribution in [0.4, 0.5) is 0 Å². The van der Waals surface area contributed by atoms with Gasteiger partial charge in [-0.05, 0) is 12.8 Å². The zero-order valence-electron chi connectivity index (χ0n) is 8.71. The molecule has 1 saturated heterocycles. The molecule has 0 amide bonds. The van der Waals surface area contributed by atoms with Gasteiger partial charge in [-0.25, -0.2) is 0 Å². The molecule has 0 bridgehead atoms. The van der Waals surface area contributed by atoms with E-state index in [1.54, 1.807) is 0 Å². The van der Waals surface area contributed by atoms with Crippen molar-refractivity contribution in [3.05, 3.63) is 0 Å². The van der Waals surface area contributed by atoms with Gasteiger partial charge in [-0.1, -0.05) is 13.8 Å². The molecule has 0 aromatic rings. The van der Waals surface area contributed by atoms with Gasteiger partial charge in [0.05, 0.1) is 12.1 Å². The molecule has 1 atom stereocenters. The molecule has 0 aromatic heterocycles. The van der Waals surface area contributed by atoms with Crippen molar-refractivity contribution < 1.29 is 9.90 Å². The lowest BCUT2D eigenvalue weighted by Crippen LogP contribution is -2.43. The minimum atomic E-state index is -0.676. The molecule has 1 aliphatic heterocycles. The molecule has 1 fully saturated rings. The van der Waals surface area contributed by atoms with E-state index >= 15 is 0 Å². The predicted molar refractivity (Wildman–Crippen MR) is 51.5 cm³/mol. The van der Waals surface area contributed by atoms with Gasteiger partial charge in [0.25, 0.3) is 0 Å². The van der Waals surface area contributed by atoms with Crippen LogP contribution in [0.3, 0.4) is 0 Å². The lowest BCUT2D eigenvalue weighted by Gasteiger charge is -2.31. The molecular formula is C10H19NO2. The SMILES string of the molecule is CC(C)C(C)(O)CN1CCC(=O)C1. The Labute approximate surface area is 79.7 Å². The Morgan fingerprint density at radius 3 is 2.62 bits per heavy atom. The highest BCUT2D eigenvalue weighted by Gasteiger charge is 2.30. The van der Waals surface area contributed by atoms with E-state index in [2.05, 4.69) is 0 Å². The highest BCUT2D eigenvalue weighted by atomic mass is 16.3. The lowest BCUT2D eigenvalue weighted by molar-refractivity contribution is -0.117. The molecule has 0 aliphatic carbocycles. The fourth-order valence-electron chi connectivity index (χ4n) is 1.46. The summed E-state index contributed by atoms with van der Waals surface area (Å²) in [5.74, 6) is 0.516. The van der Waals surface area contributed by atoms with E-state index in [4.69, 9.17) is 0 Å². The molecule has 3 heteroatoms. The number of rotatable bonds is 3. The van der Waals surface area contributed by atoms with Crippen molar-refractivity contribution in [2.45, 2.75) is 32.8 Å². The second-order valence-corrected chi connectivity index (χ2v) is 4.51. The van der Waals surface area contributed by atoms with Crippen LogP contribution in [0.25, 0.3) is 0 Å². The van der Waals surface area contributed by atoms with Crippen LogP contribution in [-0.2, 0) is 4.79 Å². The third-order valence-electron chi connectivity index (χ3n) is 2.89. The number of hydrogen-bond donors (Lipinski definition) is 1. The number of aliphatic hydroxyl groups is 1. The normalized spacial score (nSPS) is 23.9. The van der Waals surface area contributed by atoms with Crippen LogP contribution in [-0.4, -0.2) is 41.0 Å². The van der Waals surface area contributed by atoms with Crippen molar-refractivity contribution in [3.8, 4) is 0 Å². The molecule has 3 nitrogen and oxygen atoms in total. The van der Waals surface area contributed by atoms with Gasteiger partial charge in [0.15, 0.2) is 0 Å². The molecule has 1 aliphatic rings. The van der Waals surface area contributed by atoms with Gasteiger partial charge in [0.2, 0.25) is 0 Å². The topological polar surface area (TPSA) is 40.5 Å². The molecule has 1 heterocycles. The van der Waals surface area contributed by atoms with Gasteiger partial charge in [0, 0.05) is 19.5 Å². The summed E-state index contributed by atoms with van der Waals surface area (Å²) in [5, 5.41) is 9.99. The van der Waals surface area contributed by atoms with Crippen molar-refractivity contribution in [1.82, 2.24) is 4.90 Å². The summed E-state index contributed by atoms with van der Waals surface area (Å²) in [7, 11) is 0. The second kappa shape index (κ2) is 3.76. The van der Waals surface area contributed by atoms with Crippen molar-refractivity contribution in [3.63, 3.8) is 0 Å². The van der Waals surface area contributed by atoms with E-state index in [1.165, 1.54) is 0 Å². The molecular weight excluding hydrogens is 166 g/mol. The summed E-state index contributed by atoms with van der Waals surface area (Å²) < 4.78 is 0. The Bertz CT molecular complexity index is 199. The van der Waals surface area contributed by atoms with Gasteiger partial charge in [-0.3, -0.25) is 9.69 Å². The molecule has 13 heavy (non-hydrogen) atoms. The quantitative estimate of drug-likeness (QED) is 0.702. The van der Waals surface area contributed by atoms with Crippen molar-refractivity contribution in [1.29, 1.82) is 0 Å². The summed E-state index contributed by atoms with van der Waals surface area (Å²) in [6.07, 6.45) is 0.647. The summed E-state index contributed by atoms with van der Waals surface area (Å²) in [6, 6.07) is 0. The Kier molecular flexibility index (Phi) is 3.09. The van der Waals surface area contributed by atoms with Gasteiger partial charge in [0.1, 0.15) is 5.78 Å². The average molecular weight is 185 g/mol. The molecule has 0 spiro atoms. The number of Topliss-reactive ketones (excluding diaryl/α,β-unsaturated/α-hetero) is 1. The molecule has 0 radical (unpaired) electrons. The van der Waals surface area contributed by atoms with Gasteiger partial charge >= 0.3 is 0 Å². The van der Waals surface area contributed by atoms with E-state index in [0.29, 0.717) is 25.3 Å². The summed E-state index contributed by atoms with van der Waals surface area (Å²) >= 11 is 0. The monoisotopic (exact) mass is 185 g/mol. The number of carbonyl (C=O) groups is 1. The highest BCUT2D eigenvalue weighted by Crippen LogP contribution is 2.19. The molecule has 1 N–H and O–H groups in total. The summed E-state index contributed by atoms with van der Waals surface area (Å²) in [4.78, 5) is 13.0. The van der Waals surface area contributed by atoms with Crippen LogP contribution in [0.15, 0.2) is 0 Å². The van der Waals surface area contributed by atoms with Gasteiger partial charge in [-0.2, -0.15) is 0 Å². The maximum atomic E-state index is 11.0. The van der Waals surface area contributed by atoms with Crippen LogP contribution in [0.5, 0.6) is 0 Å². The van der Waals surface area contributed by atoms with E-state index in [9.17, 15) is 9.90 Å². The third kappa shape index (κ3) is 2.78. The minimum absolute atomic E-state index is 0.225. The second-order valence-electron chi connectivity index (χ2n) is 4.51. The number of hydrogen-bond acceptors (Lipinski definition) is 3. The molecule has 1 rings (SSSR count). The fraction of sp³-hybridized carbons (Fsp3) is 0.900. The van der Waals surface area contributed by atoms with Crippen molar-refractivity contribution >= 4 is 5.78 Å². The maximum Gasteiger partial charge on any atom is 0.148 e. The van der Waals surface area contributed by atoms with Crippen molar-refractivity contribution in [2.75, 3.05) is 19.6 Å². The maximum absolute atomic E-state index is 11.0. The Hall–Kier alpha value is -0.410. The fourth-order valence-corrected chi connectivity index (χ4v) is 1.46. The highest BCUT2D eigenvalue weighted by molar-refractivity contribution is 5.82. The van der Waals surface area contributed by atoms with Crippen LogP contribution in [0.1, 0.15) is 27.2 Å². The Morgan fingerprint density at radius 1 is 1.62 bits per heavy atom. The lowest BCUT2D eigenvalue weighted by atomic mass is 9.92. The van der Waals surface area contributed by atoms with Crippen molar-refractivity contribution in [2.24, 2.45) is 5.92 Å². The van der Waals surface area contributed by atoms with E-state index in [1.807, 2.05) is 25.7 Å². The average Bonchev–Trinajstić information content (AvgIpc) is 2.34. The van der Waals surface area contributed by atoms with E-state index in [-0.39, 0.29) is 5.92 Å². The van der Waals surface area contributed by atoms with Crippen LogP contribution >= 0.6 is 0 Å². The minimum Gasteiger partial charge on any atom is -0.389 e. The Morgan fingerprint density at radius 2 is 2.23 bits per heavy atom. The first-order valence-corrected chi connectivity index (χ1v) is 4.88. The number of nitrogens with zero attached hydrogens (tertiary/aromatic N) is 1. The first-order valence-electron chi connectivity index (χ1n) is 4.88. The van der Waals surface area contributed by atoms with Crippen LogP contribution < -0.4 is 0 Å². The molecule has 1 unspecified atom stereocenters. The molecule has 76 valence electrons. The summed E-state index contributed by atoms with van der Waals surface area (Å²) in [5.41, 5.74) is -0.676. The summed E-state index contributed by atoms with van der Waals surface area (Å²) in [6.45, 7) is 7.76. The number of β-amino-alcohol motifs (C(OH)–C–C–N with tert-alkyl or cyclic N) is 1. The standard InChI is InChI=1S/C10H19NO2/c1-8(2)10(3,13)7-11-5-4-9(12)6-11/h8,13H,4-7H2,1-3H3. The third-order valence-corrected chi connectivity index (χ3v) is 2.89. The van der Waals surface area contributed by atoms with Gasteiger partial charge < -0.3 is 5.11 Å². The Balaban J connectivity index is 2.44. The zero-order valence-corrected chi connectivity index (χ0v) is 8.71. The van der Waals surface area contributed by atoms with E-state index < -0.39 is 5.60 Å². The molecule has 0 aromatic carbocycles. The first-order chi connectivity index (χ1) is 5.92. The predicted octanol–water partition coefficient (Wildman–Crippen LogP) is 0.668. The largest absolute Gasteiger partial charge is 0.389 e. The van der Waals surface area contributed by atoms with Gasteiger partial charge in [-0.15, -0.1) is 0 Å². The number of carbonyl (C=O) groups excluding carboxylic acids is 1.